The molecule has 4 atom stereocenters. The number of carbonyl (C=O) groups excluding carboxylic acids is 3. The predicted octanol–water partition coefficient (Wildman–Crippen LogP) is 0.273. The van der Waals surface area contributed by atoms with Gasteiger partial charge in [0.05, 0.1) is 0 Å². The fraction of sp³-hybridized carbons (Fsp3) is 0.615. The summed E-state index contributed by atoms with van der Waals surface area (Å²) < 4.78 is 21.8. The van der Waals surface area contributed by atoms with Crippen molar-refractivity contribution < 1.29 is 38.3 Å². The first kappa shape index (κ1) is 20.7. The molecule has 14 heteroatoms. The van der Waals surface area contributed by atoms with E-state index in [1.807, 2.05) is 0 Å². The zero-order valence-electron chi connectivity index (χ0n) is 14.4. The summed E-state index contributed by atoms with van der Waals surface area (Å²) in [5.41, 5.74) is 0. The van der Waals surface area contributed by atoms with Crippen LogP contribution in [0.15, 0.2) is 4.73 Å². The topological polar surface area (TPSA) is 162 Å². The number of halogens is 1. The van der Waals surface area contributed by atoms with Crippen LogP contribution in [0.1, 0.15) is 27.0 Å². The van der Waals surface area contributed by atoms with E-state index in [-0.39, 0.29) is 11.3 Å². The molecule has 1 saturated heterocycles. The molecule has 0 bridgehead atoms. The van der Waals surface area contributed by atoms with Gasteiger partial charge in [-0.05, 0) is 9.91 Å². The molecule has 0 amide bonds. The van der Waals surface area contributed by atoms with E-state index in [1.54, 1.807) is 0 Å². The van der Waals surface area contributed by atoms with Crippen molar-refractivity contribution >= 4 is 39.8 Å². The number of hydrogen-bond donors (Lipinski definition) is 0. The molecule has 2 rings (SSSR count). The highest BCUT2D eigenvalue weighted by Crippen LogP contribution is 2.36. The Labute approximate surface area is 160 Å². The minimum absolute atomic E-state index is 0.0777. The summed E-state index contributed by atoms with van der Waals surface area (Å²) in [6.07, 6.45) is -4.60. The lowest BCUT2D eigenvalue weighted by molar-refractivity contribution is -0.394. The van der Waals surface area contributed by atoms with Crippen molar-refractivity contribution in [2.75, 3.05) is 6.61 Å². The molecular formula is C13H15BrN4O9. The molecule has 0 radical (unpaired) electrons. The van der Waals surface area contributed by atoms with E-state index in [0.717, 1.165) is 18.5 Å². The second-order valence-electron chi connectivity index (χ2n) is 5.40. The summed E-state index contributed by atoms with van der Waals surface area (Å²) in [5.74, 6) is -2.74. The maximum Gasteiger partial charge on any atom is 0.492 e. The Morgan fingerprint density at radius 1 is 1.19 bits per heavy atom. The number of carbonyl (C=O) groups is 3. The van der Waals surface area contributed by atoms with Crippen LogP contribution in [0.3, 0.4) is 0 Å². The van der Waals surface area contributed by atoms with Crippen molar-refractivity contribution in [3.8, 4) is 0 Å². The lowest BCUT2D eigenvalue weighted by Crippen LogP contribution is -2.40. The third-order valence-corrected chi connectivity index (χ3v) is 3.86. The molecule has 0 N–H and O–H groups in total. The van der Waals surface area contributed by atoms with Crippen LogP contribution >= 0.6 is 15.9 Å². The fourth-order valence-electron chi connectivity index (χ4n) is 2.42. The number of nitro groups is 1. The van der Waals surface area contributed by atoms with Crippen LogP contribution in [0.4, 0.5) is 5.95 Å². The second kappa shape index (κ2) is 8.39. The Balaban J connectivity index is 2.40. The van der Waals surface area contributed by atoms with Crippen LogP contribution in [0.5, 0.6) is 0 Å². The van der Waals surface area contributed by atoms with E-state index < -0.39 is 53.3 Å². The molecule has 1 aliphatic rings. The van der Waals surface area contributed by atoms with E-state index in [2.05, 4.69) is 26.0 Å². The van der Waals surface area contributed by atoms with Crippen LogP contribution in [0.2, 0.25) is 0 Å². The van der Waals surface area contributed by atoms with Gasteiger partial charge in [0.1, 0.15) is 12.7 Å². The first-order valence-corrected chi connectivity index (χ1v) is 8.29. The SMILES string of the molecule is CC(=O)OC[C@@H]1O[C@@H](n2nc([N+](=O)[O-])nc2Br)[C@@H](OC(C)=O)[C@H]1OC(C)=O. The highest BCUT2D eigenvalue weighted by atomic mass is 79.9. The predicted molar refractivity (Wildman–Crippen MR) is 86.0 cm³/mol. The molecular weight excluding hydrogens is 436 g/mol. The van der Waals surface area contributed by atoms with Crippen molar-refractivity contribution in [3.63, 3.8) is 0 Å². The van der Waals surface area contributed by atoms with Crippen LogP contribution < -0.4 is 0 Å². The molecule has 0 aromatic carbocycles. The highest BCUT2D eigenvalue weighted by molar-refractivity contribution is 9.10. The monoisotopic (exact) mass is 450 g/mol. The number of nitrogens with zero attached hydrogens (tertiary/aromatic N) is 4. The Morgan fingerprint density at radius 2 is 1.78 bits per heavy atom. The summed E-state index contributed by atoms with van der Waals surface area (Å²) in [5, 5.41) is 14.6. The highest BCUT2D eigenvalue weighted by Gasteiger charge is 2.52. The molecule has 0 spiro atoms. The summed E-state index contributed by atoms with van der Waals surface area (Å²) in [6.45, 7) is 3.13. The summed E-state index contributed by atoms with van der Waals surface area (Å²) in [7, 11) is 0. The van der Waals surface area contributed by atoms with Crippen LogP contribution in [-0.2, 0) is 33.3 Å². The van der Waals surface area contributed by atoms with Gasteiger partial charge in [0.25, 0.3) is 4.73 Å². The third-order valence-electron chi connectivity index (χ3n) is 3.32. The largest absolute Gasteiger partial charge is 0.492 e. The van der Waals surface area contributed by atoms with Gasteiger partial charge < -0.3 is 29.1 Å². The van der Waals surface area contributed by atoms with Gasteiger partial charge >= 0.3 is 23.9 Å². The average Bonchev–Trinajstić information content (AvgIpc) is 3.06. The minimum Gasteiger partial charge on any atom is -0.463 e. The molecule has 1 aliphatic heterocycles. The molecule has 1 fully saturated rings. The van der Waals surface area contributed by atoms with Gasteiger partial charge in [-0.1, -0.05) is 0 Å². The number of ether oxygens (including phenoxy) is 4. The van der Waals surface area contributed by atoms with Gasteiger partial charge in [0.15, 0.2) is 12.2 Å². The van der Waals surface area contributed by atoms with E-state index >= 15 is 0 Å². The normalized spacial score (nSPS) is 24.3. The maximum atomic E-state index is 11.5. The number of hydrogen-bond acceptors (Lipinski definition) is 11. The molecule has 0 aliphatic carbocycles. The third kappa shape index (κ3) is 4.97. The quantitative estimate of drug-likeness (QED) is 0.253. The molecule has 2 heterocycles. The number of aromatic nitrogens is 3. The second-order valence-corrected chi connectivity index (χ2v) is 6.11. The molecule has 27 heavy (non-hydrogen) atoms. The Bertz CT molecular complexity index is 767. The molecule has 1 aromatic rings. The van der Waals surface area contributed by atoms with Gasteiger partial charge in [-0.2, -0.15) is 0 Å². The Hall–Kier alpha value is -2.61. The van der Waals surface area contributed by atoms with Crippen molar-refractivity contribution in [3.05, 3.63) is 14.8 Å². The zero-order valence-corrected chi connectivity index (χ0v) is 15.9. The van der Waals surface area contributed by atoms with Crippen LogP contribution in [0.25, 0.3) is 0 Å². The number of esters is 3. The minimum atomic E-state index is -1.23. The molecule has 1 aromatic heterocycles. The Kier molecular flexibility index (Phi) is 6.43. The molecule has 0 unspecified atom stereocenters. The van der Waals surface area contributed by atoms with Gasteiger partial charge in [-0.15, -0.1) is 4.68 Å². The standard InChI is InChI=1S/C13H15BrN4O9/c1-5(19)24-4-8-9(25-6(2)20)10(26-7(3)21)11(27-8)17-12(14)15-13(16-17)18(22)23/h8-11H,4H2,1-3H3/t8-,9-,10-,11+/m0/s1. The van der Waals surface area contributed by atoms with Crippen molar-refractivity contribution in [1.82, 2.24) is 14.8 Å². The van der Waals surface area contributed by atoms with E-state index in [9.17, 15) is 24.5 Å². The van der Waals surface area contributed by atoms with Crippen molar-refractivity contribution in [1.29, 1.82) is 0 Å². The van der Waals surface area contributed by atoms with E-state index in [4.69, 9.17) is 18.9 Å². The Morgan fingerprint density at radius 3 is 2.26 bits per heavy atom. The van der Waals surface area contributed by atoms with E-state index in [1.165, 1.54) is 6.92 Å². The van der Waals surface area contributed by atoms with Gasteiger partial charge in [-0.3, -0.25) is 14.4 Å². The summed E-state index contributed by atoms with van der Waals surface area (Å²) in [6, 6.07) is 0. The lowest BCUT2D eigenvalue weighted by Gasteiger charge is -2.22. The fourth-order valence-corrected chi connectivity index (χ4v) is 2.86. The van der Waals surface area contributed by atoms with Gasteiger partial charge in [0, 0.05) is 41.8 Å². The molecule has 0 saturated carbocycles. The van der Waals surface area contributed by atoms with Crippen LogP contribution in [0, 0.1) is 10.1 Å². The average molecular weight is 451 g/mol. The number of rotatable bonds is 6. The van der Waals surface area contributed by atoms with E-state index in [0.29, 0.717) is 0 Å². The smallest absolute Gasteiger partial charge is 0.463 e. The molecule has 148 valence electrons. The van der Waals surface area contributed by atoms with Gasteiger partial charge in [-0.25, -0.2) is 0 Å². The van der Waals surface area contributed by atoms with Crippen LogP contribution in [-0.4, -0.2) is 62.5 Å². The van der Waals surface area contributed by atoms with Gasteiger partial charge in [0.2, 0.25) is 6.23 Å². The summed E-state index contributed by atoms with van der Waals surface area (Å²) >= 11 is 3.01. The maximum absolute atomic E-state index is 11.5. The first-order valence-electron chi connectivity index (χ1n) is 7.49. The first-order chi connectivity index (χ1) is 12.6. The van der Waals surface area contributed by atoms with Crippen molar-refractivity contribution in [2.24, 2.45) is 0 Å². The van der Waals surface area contributed by atoms with Crippen molar-refractivity contribution in [2.45, 2.75) is 45.3 Å². The summed E-state index contributed by atoms with van der Waals surface area (Å²) in [4.78, 5) is 47.7. The zero-order chi connectivity index (χ0) is 20.3. The molecule has 13 nitrogen and oxygen atoms in total. The lowest BCUT2D eigenvalue weighted by atomic mass is 10.1.